The van der Waals surface area contributed by atoms with Crippen molar-refractivity contribution in [3.63, 3.8) is 0 Å². The number of aliphatic hydroxyl groups is 1. The molecule has 1 fully saturated rings. The number of nitrogens with zero attached hydrogens (tertiary/aromatic N) is 2. The van der Waals surface area contributed by atoms with Gasteiger partial charge in [0.25, 0.3) is 11.7 Å². The second-order valence-corrected chi connectivity index (χ2v) is 6.58. The summed E-state index contributed by atoms with van der Waals surface area (Å²) in [4.78, 5) is 31.1. The van der Waals surface area contributed by atoms with Gasteiger partial charge in [-0.05, 0) is 43.2 Å². The van der Waals surface area contributed by atoms with Crippen LogP contribution >= 0.6 is 0 Å². The number of ether oxygens (including phenoxy) is 2. The zero-order valence-corrected chi connectivity index (χ0v) is 16.5. The molecule has 3 rings (SSSR count). The van der Waals surface area contributed by atoms with E-state index >= 15 is 0 Å². The highest BCUT2D eigenvalue weighted by atomic mass is 16.5. The number of ketones is 1. The third-order valence-electron chi connectivity index (χ3n) is 4.73. The summed E-state index contributed by atoms with van der Waals surface area (Å²) in [7, 11) is 1.58. The lowest BCUT2D eigenvalue weighted by molar-refractivity contribution is -0.140. The molecule has 1 atom stereocenters. The lowest BCUT2D eigenvalue weighted by Crippen LogP contribution is -2.31. The van der Waals surface area contributed by atoms with E-state index in [9.17, 15) is 14.7 Å². The molecular formula is C22H24N2O5. The molecule has 0 aliphatic carbocycles. The number of pyridine rings is 1. The first-order valence-corrected chi connectivity index (χ1v) is 9.49. The van der Waals surface area contributed by atoms with E-state index in [4.69, 9.17) is 9.47 Å². The first-order chi connectivity index (χ1) is 14.1. The maximum atomic E-state index is 12.9. The van der Waals surface area contributed by atoms with Gasteiger partial charge in [-0.25, -0.2) is 0 Å². The van der Waals surface area contributed by atoms with E-state index in [1.807, 2.05) is 25.1 Å². The van der Waals surface area contributed by atoms with Crippen molar-refractivity contribution in [2.24, 2.45) is 0 Å². The molecule has 29 heavy (non-hydrogen) atoms. The number of rotatable bonds is 8. The predicted octanol–water partition coefficient (Wildman–Crippen LogP) is 2.94. The molecule has 0 spiro atoms. The zero-order chi connectivity index (χ0) is 20.8. The Morgan fingerprint density at radius 1 is 1.21 bits per heavy atom. The van der Waals surface area contributed by atoms with Gasteiger partial charge in [0, 0.05) is 38.2 Å². The van der Waals surface area contributed by atoms with Gasteiger partial charge in [0.1, 0.15) is 11.5 Å². The van der Waals surface area contributed by atoms with Crippen LogP contribution in [0.15, 0.2) is 54.4 Å². The normalized spacial score (nSPS) is 18.3. The smallest absolute Gasteiger partial charge is 0.295 e. The first kappa shape index (κ1) is 20.5. The van der Waals surface area contributed by atoms with Crippen molar-refractivity contribution in [3.05, 3.63) is 65.5 Å². The number of Topliss-reactive ketones (excluding diaryl/α,β-unsaturated/α-hetero) is 1. The van der Waals surface area contributed by atoms with Gasteiger partial charge in [-0.2, -0.15) is 0 Å². The molecule has 0 radical (unpaired) electrons. The van der Waals surface area contributed by atoms with Crippen molar-refractivity contribution in [1.82, 2.24) is 9.88 Å². The molecule has 1 aliphatic rings. The van der Waals surface area contributed by atoms with Gasteiger partial charge in [-0.15, -0.1) is 0 Å². The maximum absolute atomic E-state index is 12.9. The molecule has 1 aliphatic heterocycles. The molecule has 7 heteroatoms. The number of methoxy groups -OCH3 is 1. The number of likely N-dealkylation sites (tertiary alicyclic amines) is 1. The average molecular weight is 396 g/mol. The van der Waals surface area contributed by atoms with Crippen molar-refractivity contribution in [2.45, 2.75) is 19.4 Å². The van der Waals surface area contributed by atoms with Crippen LogP contribution in [-0.4, -0.2) is 53.5 Å². The molecule has 0 saturated carbocycles. The molecule has 2 heterocycles. The fourth-order valence-corrected chi connectivity index (χ4v) is 3.44. The monoisotopic (exact) mass is 396 g/mol. The largest absolute Gasteiger partial charge is 0.507 e. The van der Waals surface area contributed by atoms with Gasteiger partial charge in [0.15, 0.2) is 0 Å². The number of aromatic nitrogens is 1. The number of benzene rings is 1. The van der Waals surface area contributed by atoms with E-state index < -0.39 is 17.7 Å². The van der Waals surface area contributed by atoms with E-state index in [1.54, 1.807) is 25.3 Å². The molecule has 1 aromatic heterocycles. The molecule has 1 N–H and O–H groups in total. The van der Waals surface area contributed by atoms with Crippen molar-refractivity contribution in [1.29, 1.82) is 0 Å². The number of hydrogen-bond donors (Lipinski definition) is 1. The second-order valence-electron chi connectivity index (χ2n) is 6.58. The summed E-state index contributed by atoms with van der Waals surface area (Å²) in [5.74, 6) is -0.921. The molecule has 1 aromatic carbocycles. The molecule has 1 saturated heterocycles. The molecule has 0 bridgehead atoms. The van der Waals surface area contributed by atoms with Crippen LogP contribution in [0, 0.1) is 0 Å². The molecule has 2 aromatic rings. The summed E-state index contributed by atoms with van der Waals surface area (Å²) >= 11 is 0. The van der Waals surface area contributed by atoms with Gasteiger partial charge < -0.3 is 19.5 Å². The zero-order valence-electron chi connectivity index (χ0n) is 16.5. The third kappa shape index (κ3) is 4.30. The molecule has 7 nitrogen and oxygen atoms in total. The van der Waals surface area contributed by atoms with Gasteiger partial charge in [-0.1, -0.05) is 12.1 Å². The summed E-state index contributed by atoms with van der Waals surface area (Å²) in [5, 5.41) is 10.9. The topological polar surface area (TPSA) is 89.0 Å². The number of carbonyl (C=O) groups excluding carboxylic acids is 2. The van der Waals surface area contributed by atoms with Gasteiger partial charge >= 0.3 is 0 Å². The molecule has 152 valence electrons. The average Bonchev–Trinajstić information content (AvgIpc) is 2.99. The van der Waals surface area contributed by atoms with Gasteiger partial charge in [0.2, 0.25) is 0 Å². The highest BCUT2D eigenvalue weighted by Crippen LogP contribution is 2.40. The van der Waals surface area contributed by atoms with E-state index in [0.717, 1.165) is 0 Å². The van der Waals surface area contributed by atoms with Crippen LogP contribution < -0.4 is 4.74 Å². The number of aliphatic hydroxyl groups excluding tert-OH is 1. The Labute approximate surface area is 169 Å². The standard InChI is InChI=1S/C22H24N2O5/c1-3-29-17-7-4-6-16(14-17)19-18(20(25)15-8-10-23-11-9-15)21(26)22(27)24(19)12-5-13-28-2/h4,6-11,14,19,25H,3,5,12-13H2,1-2H3/b20-18+. The van der Waals surface area contributed by atoms with Gasteiger partial charge in [-0.3, -0.25) is 14.6 Å². The highest BCUT2D eigenvalue weighted by molar-refractivity contribution is 6.46. The predicted molar refractivity (Wildman–Crippen MR) is 107 cm³/mol. The van der Waals surface area contributed by atoms with Crippen molar-refractivity contribution in [2.75, 3.05) is 26.9 Å². The molecular weight excluding hydrogens is 372 g/mol. The van der Waals surface area contributed by atoms with Crippen LogP contribution in [0.1, 0.15) is 30.5 Å². The number of amides is 1. The van der Waals surface area contributed by atoms with Crippen LogP contribution in [0.4, 0.5) is 0 Å². The minimum atomic E-state index is -0.708. The summed E-state index contributed by atoms with van der Waals surface area (Å²) in [5.41, 5.74) is 1.19. The fraction of sp³-hybridized carbons (Fsp3) is 0.318. The Morgan fingerprint density at radius 3 is 2.66 bits per heavy atom. The highest BCUT2D eigenvalue weighted by Gasteiger charge is 2.45. The summed E-state index contributed by atoms with van der Waals surface area (Å²) in [6, 6.07) is 9.73. The molecule has 1 amide bonds. The van der Waals surface area contributed by atoms with Crippen LogP contribution in [0.25, 0.3) is 5.76 Å². The van der Waals surface area contributed by atoms with Crippen LogP contribution in [0.3, 0.4) is 0 Å². The fourth-order valence-electron chi connectivity index (χ4n) is 3.44. The van der Waals surface area contributed by atoms with Crippen LogP contribution in [0.5, 0.6) is 5.75 Å². The first-order valence-electron chi connectivity index (χ1n) is 9.49. The Bertz CT molecular complexity index is 910. The minimum Gasteiger partial charge on any atom is -0.507 e. The Balaban J connectivity index is 2.11. The quantitative estimate of drug-likeness (QED) is 0.319. The lowest BCUT2D eigenvalue weighted by atomic mass is 9.95. The van der Waals surface area contributed by atoms with Gasteiger partial charge in [0.05, 0.1) is 18.2 Å². The van der Waals surface area contributed by atoms with Crippen molar-refractivity contribution < 1.29 is 24.2 Å². The second kappa shape index (κ2) is 9.34. The van der Waals surface area contributed by atoms with Crippen molar-refractivity contribution >= 4 is 17.4 Å². The van der Waals surface area contributed by atoms with Crippen LogP contribution in [-0.2, 0) is 14.3 Å². The minimum absolute atomic E-state index is 0.0623. The van der Waals surface area contributed by atoms with E-state index in [2.05, 4.69) is 4.98 Å². The van der Waals surface area contributed by atoms with E-state index in [-0.39, 0.29) is 11.3 Å². The van der Waals surface area contributed by atoms with Crippen molar-refractivity contribution in [3.8, 4) is 5.75 Å². The number of carbonyl (C=O) groups is 2. The van der Waals surface area contributed by atoms with E-state index in [0.29, 0.717) is 43.1 Å². The Kier molecular flexibility index (Phi) is 6.61. The third-order valence-corrected chi connectivity index (χ3v) is 4.73. The van der Waals surface area contributed by atoms with Crippen LogP contribution in [0.2, 0.25) is 0 Å². The summed E-state index contributed by atoms with van der Waals surface area (Å²) < 4.78 is 10.7. The van der Waals surface area contributed by atoms with E-state index in [1.165, 1.54) is 17.3 Å². The number of hydrogen-bond acceptors (Lipinski definition) is 6. The Hall–Kier alpha value is -3.19. The lowest BCUT2D eigenvalue weighted by Gasteiger charge is -2.25. The SMILES string of the molecule is CCOc1cccc(C2/C(=C(\O)c3ccncc3)C(=O)C(=O)N2CCCOC)c1. The summed E-state index contributed by atoms with van der Waals surface area (Å²) in [6.45, 7) is 3.16. The summed E-state index contributed by atoms with van der Waals surface area (Å²) in [6.07, 6.45) is 3.61. The Morgan fingerprint density at radius 2 is 1.97 bits per heavy atom. The maximum Gasteiger partial charge on any atom is 0.295 e. The molecule has 1 unspecified atom stereocenters.